The van der Waals surface area contributed by atoms with Crippen molar-refractivity contribution in [2.24, 2.45) is 0 Å². The zero-order valence-electron chi connectivity index (χ0n) is 13.3. The SMILES string of the molecule is CC(C)c1ccc(NCc2cccc(Cl)c2)c(C(C)C)c1. The first-order valence-electron chi connectivity index (χ1n) is 7.59. The molecule has 1 N–H and O–H groups in total. The monoisotopic (exact) mass is 301 g/mol. The van der Waals surface area contributed by atoms with Gasteiger partial charge in [-0.2, -0.15) is 0 Å². The second-order valence-electron chi connectivity index (χ2n) is 6.14. The standard InChI is InChI=1S/C19H24ClN/c1-13(2)16-8-9-19(18(11-16)14(3)4)21-12-15-6-5-7-17(20)10-15/h5-11,13-14,21H,12H2,1-4H3. The van der Waals surface area contributed by atoms with E-state index in [-0.39, 0.29) is 0 Å². The van der Waals surface area contributed by atoms with Crippen LogP contribution in [0.1, 0.15) is 56.2 Å². The average Bonchev–Trinajstić information content (AvgIpc) is 2.44. The Labute approximate surface area is 133 Å². The minimum atomic E-state index is 0.505. The lowest BCUT2D eigenvalue weighted by molar-refractivity contribution is 0.833. The molecule has 0 saturated carbocycles. The topological polar surface area (TPSA) is 12.0 Å². The van der Waals surface area contributed by atoms with Crippen molar-refractivity contribution < 1.29 is 0 Å². The summed E-state index contributed by atoms with van der Waals surface area (Å²) in [5, 5.41) is 4.33. The Morgan fingerprint density at radius 3 is 2.33 bits per heavy atom. The highest BCUT2D eigenvalue weighted by Crippen LogP contribution is 2.28. The van der Waals surface area contributed by atoms with E-state index < -0.39 is 0 Å². The van der Waals surface area contributed by atoms with E-state index in [1.54, 1.807) is 0 Å². The van der Waals surface area contributed by atoms with Crippen molar-refractivity contribution in [1.29, 1.82) is 0 Å². The lowest BCUT2D eigenvalue weighted by atomic mass is 9.94. The highest BCUT2D eigenvalue weighted by Gasteiger charge is 2.09. The van der Waals surface area contributed by atoms with E-state index in [0.717, 1.165) is 11.6 Å². The van der Waals surface area contributed by atoms with Crippen LogP contribution < -0.4 is 5.32 Å². The van der Waals surface area contributed by atoms with Gasteiger partial charge in [-0.1, -0.05) is 63.6 Å². The molecule has 0 unspecified atom stereocenters. The van der Waals surface area contributed by atoms with Crippen molar-refractivity contribution in [2.45, 2.75) is 46.1 Å². The van der Waals surface area contributed by atoms with Gasteiger partial charge >= 0.3 is 0 Å². The summed E-state index contributed by atoms with van der Waals surface area (Å²) in [6, 6.07) is 14.7. The Balaban J connectivity index is 2.19. The number of nitrogens with one attached hydrogen (secondary N) is 1. The molecule has 0 aliphatic heterocycles. The van der Waals surface area contributed by atoms with Crippen LogP contribution in [-0.4, -0.2) is 0 Å². The predicted molar refractivity (Wildman–Crippen MR) is 93.4 cm³/mol. The summed E-state index contributed by atoms with van der Waals surface area (Å²) in [7, 11) is 0. The van der Waals surface area contributed by atoms with Gasteiger partial charge < -0.3 is 5.32 Å². The zero-order valence-corrected chi connectivity index (χ0v) is 14.0. The fourth-order valence-electron chi connectivity index (χ4n) is 2.42. The molecule has 0 aromatic heterocycles. The molecule has 0 amide bonds. The van der Waals surface area contributed by atoms with Crippen molar-refractivity contribution in [3.63, 3.8) is 0 Å². The number of halogens is 1. The van der Waals surface area contributed by atoms with Crippen molar-refractivity contribution >= 4 is 17.3 Å². The smallest absolute Gasteiger partial charge is 0.0409 e. The van der Waals surface area contributed by atoms with E-state index in [1.807, 2.05) is 18.2 Å². The molecule has 2 heteroatoms. The summed E-state index contributed by atoms with van der Waals surface area (Å²) in [6.07, 6.45) is 0. The molecule has 112 valence electrons. The molecule has 2 aromatic carbocycles. The number of rotatable bonds is 5. The van der Waals surface area contributed by atoms with Crippen LogP contribution in [0.3, 0.4) is 0 Å². The molecule has 0 saturated heterocycles. The molecular formula is C19H24ClN. The van der Waals surface area contributed by atoms with Gasteiger partial charge in [-0.15, -0.1) is 0 Å². The quantitative estimate of drug-likeness (QED) is 0.693. The van der Waals surface area contributed by atoms with Gasteiger partial charge in [-0.05, 0) is 46.7 Å². The average molecular weight is 302 g/mol. The lowest BCUT2D eigenvalue weighted by Crippen LogP contribution is -2.04. The molecule has 0 heterocycles. The van der Waals surface area contributed by atoms with Crippen LogP contribution in [0.15, 0.2) is 42.5 Å². The van der Waals surface area contributed by atoms with Gasteiger partial charge in [-0.3, -0.25) is 0 Å². The third-order valence-electron chi connectivity index (χ3n) is 3.74. The van der Waals surface area contributed by atoms with Crippen LogP contribution in [0.2, 0.25) is 5.02 Å². The van der Waals surface area contributed by atoms with Crippen LogP contribution >= 0.6 is 11.6 Å². The van der Waals surface area contributed by atoms with Crippen LogP contribution in [0.25, 0.3) is 0 Å². The molecule has 0 radical (unpaired) electrons. The molecule has 1 nitrogen and oxygen atoms in total. The first-order valence-corrected chi connectivity index (χ1v) is 7.97. The highest BCUT2D eigenvalue weighted by molar-refractivity contribution is 6.30. The van der Waals surface area contributed by atoms with Crippen LogP contribution in [0, 0.1) is 0 Å². The normalized spacial score (nSPS) is 11.2. The van der Waals surface area contributed by atoms with E-state index in [9.17, 15) is 0 Å². The number of hydrogen-bond donors (Lipinski definition) is 1. The Bertz CT molecular complexity index is 602. The molecule has 2 aromatic rings. The highest BCUT2D eigenvalue weighted by atomic mass is 35.5. The third kappa shape index (κ3) is 4.25. The maximum absolute atomic E-state index is 6.04. The Morgan fingerprint density at radius 1 is 0.952 bits per heavy atom. The summed E-state index contributed by atoms with van der Waals surface area (Å²) in [5.74, 6) is 1.06. The molecule has 0 atom stereocenters. The minimum Gasteiger partial charge on any atom is -0.381 e. The molecular weight excluding hydrogens is 278 g/mol. The second kappa shape index (κ2) is 7.00. The maximum Gasteiger partial charge on any atom is 0.0409 e. The van der Waals surface area contributed by atoms with E-state index in [0.29, 0.717) is 11.8 Å². The van der Waals surface area contributed by atoms with Crippen molar-refractivity contribution in [3.8, 4) is 0 Å². The molecule has 0 bridgehead atoms. The molecule has 21 heavy (non-hydrogen) atoms. The molecule has 2 rings (SSSR count). The van der Waals surface area contributed by atoms with Gasteiger partial charge in [0.15, 0.2) is 0 Å². The second-order valence-corrected chi connectivity index (χ2v) is 6.58. The fourth-order valence-corrected chi connectivity index (χ4v) is 2.64. The summed E-state index contributed by atoms with van der Waals surface area (Å²) in [5.41, 5.74) is 5.19. The zero-order chi connectivity index (χ0) is 15.4. The van der Waals surface area contributed by atoms with E-state index >= 15 is 0 Å². The number of benzene rings is 2. The molecule has 0 spiro atoms. The van der Waals surface area contributed by atoms with Gasteiger partial charge in [0.2, 0.25) is 0 Å². The third-order valence-corrected chi connectivity index (χ3v) is 3.97. The Hall–Kier alpha value is -1.47. The van der Waals surface area contributed by atoms with E-state index in [4.69, 9.17) is 11.6 Å². The van der Waals surface area contributed by atoms with E-state index in [1.165, 1.54) is 22.4 Å². The van der Waals surface area contributed by atoms with Crippen LogP contribution in [0.4, 0.5) is 5.69 Å². The van der Waals surface area contributed by atoms with Gasteiger partial charge in [0.25, 0.3) is 0 Å². The largest absolute Gasteiger partial charge is 0.381 e. The summed E-state index contributed by atoms with van der Waals surface area (Å²) in [6.45, 7) is 9.74. The molecule has 0 aliphatic rings. The first-order chi connectivity index (χ1) is 9.97. The van der Waals surface area contributed by atoms with E-state index in [2.05, 4.69) is 57.3 Å². The van der Waals surface area contributed by atoms with Gasteiger partial charge in [-0.25, -0.2) is 0 Å². The lowest BCUT2D eigenvalue weighted by Gasteiger charge is -2.18. The predicted octanol–water partition coefficient (Wildman–Crippen LogP) is 6.20. The Kier molecular flexibility index (Phi) is 5.30. The van der Waals surface area contributed by atoms with Crippen LogP contribution in [-0.2, 0) is 6.54 Å². The van der Waals surface area contributed by atoms with Gasteiger partial charge in [0.1, 0.15) is 0 Å². The Morgan fingerprint density at radius 2 is 1.71 bits per heavy atom. The van der Waals surface area contributed by atoms with Crippen LogP contribution in [0.5, 0.6) is 0 Å². The summed E-state index contributed by atoms with van der Waals surface area (Å²) in [4.78, 5) is 0. The molecule has 0 aliphatic carbocycles. The van der Waals surface area contributed by atoms with Crippen molar-refractivity contribution in [1.82, 2.24) is 0 Å². The summed E-state index contributed by atoms with van der Waals surface area (Å²) < 4.78 is 0. The molecule has 0 fully saturated rings. The van der Waals surface area contributed by atoms with Crippen molar-refractivity contribution in [3.05, 3.63) is 64.2 Å². The van der Waals surface area contributed by atoms with Gasteiger partial charge in [0.05, 0.1) is 0 Å². The van der Waals surface area contributed by atoms with Gasteiger partial charge in [0, 0.05) is 17.3 Å². The first kappa shape index (κ1) is 15.9. The summed E-state index contributed by atoms with van der Waals surface area (Å²) >= 11 is 6.04. The number of hydrogen-bond acceptors (Lipinski definition) is 1. The fraction of sp³-hybridized carbons (Fsp3) is 0.368. The number of anilines is 1. The maximum atomic E-state index is 6.04. The minimum absolute atomic E-state index is 0.505. The van der Waals surface area contributed by atoms with Crippen molar-refractivity contribution in [2.75, 3.05) is 5.32 Å².